The molecule has 0 bridgehead atoms. The smallest absolute Gasteiger partial charge is 0.329 e. The van der Waals surface area contributed by atoms with Gasteiger partial charge in [0.1, 0.15) is 5.60 Å². The number of hydrogen-bond acceptors (Lipinski definition) is 5. The minimum absolute atomic E-state index is 0.174. The van der Waals surface area contributed by atoms with Gasteiger partial charge in [0.25, 0.3) is 0 Å². The zero-order chi connectivity index (χ0) is 20.4. The van der Waals surface area contributed by atoms with E-state index in [-0.39, 0.29) is 17.9 Å². The number of urea groups is 1. The van der Waals surface area contributed by atoms with Crippen LogP contribution in [0.15, 0.2) is 21.9 Å². The Labute approximate surface area is 174 Å². The van der Waals surface area contributed by atoms with Crippen LogP contribution in [0.3, 0.4) is 0 Å². The normalized spacial score (nSPS) is 11.9. The van der Waals surface area contributed by atoms with Crippen molar-refractivity contribution in [2.45, 2.75) is 63.3 Å². The molecule has 27 heavy (non-hydrogen) atoms. The fraction of sp³-hybridized carbons (Fsp3) is 0.474. The van der Waals surface area contributed by atoms with E-state index in [1.54, 1.807) is 19.2 Å². The maximum atomic E-state index is 12.5. The first-order valence-corrected chi connectivity index (χ1v) is 10.8. The van der Waals surface area contributed by atoms with Crippen molar-refractivity contribution in [2.75, 3.05) is 5.32 Å². The molecule has 2 rings (SSSR count). The van der Waals surface area contributed by atoms with Gasteiger partial charge in [-0.15, -0.1) is 11.3 Å². The average Bonchev–Trinajstić information content (AvgIpc) is 3.01. The maximum absolute atomic E-state index is 12.5. The number of hydrogen-bond donors (Lipinski definition) is 3. The fourth-order valence-corrected chi connectivity index (χ4v) is 4.53. The number of nitrogens with zero attached hydrogens (tertiary/aromatic N) is 1. The molecule has 148 valence electrons. The van der Waals surface area contributed by atoms with Crippen LogP contribution in [-0.2, 0) is 5.60 Å². The summed E-state index contributed by atoms with van der Waals surface area (Å²) in [7, 11) is 0. The molecule has 0 fully saturated rings. The lowest BCUT2D eigenvalue weighted by atomic mass is 9.92. The first kappa shape index (κ1) is 22.0. The van der Waals surface area contributed by atoms with Crippen molar-refractivity contribution in [3.05, 3.63) is 39.4 Å². The summed E-state index contributed by atoms with van der Waals surface area (Å²) in [6, 6.07) is 3.50. The molecule has 3 N–H and O–H groups in total. The molecular formula is C19H26ClN3O2S2. The van der Waals surface area contributed by atoms with E-state index >= 15 is 0 Å². The van der Waals surface area contributed by atoms with Crippen molar-refractivity contribution in [1.82, 2.24) is 9.71 Å². The predicted molar refractivity (Wildman–Crippen MR) is 115 cm³/mol. The molecule has 1 aromatic heterocycles. The number of carbonyl (C=O) groups excluding carboxylic acids is 1. The van der Waals surface area contributed by atoms with Crippen molar-refractivity contribution in [3.63, 3.8) is 0 Å². The van der Waals surface area contributed by atoms with Crippen molar-refractivity contribution in [3.8, 4) is 0 Å². The summed E-state index contributed by atoms with van der Waals surface area (Å²) < 4.78 is 3.41. The van der Waals surface area contributed by atoms with E-state index in [1.165, 1.54) is 11.3 Å². The van der Waals surface area contributed by atoms with Gasteiger partial charge < -0.3 is 10.4 Å². The number of aromatic nitrogens is 1. The molecule has 1 aromatic carbocycles. The van der Waals surface area contributed by atoms with Crippen LogP contribution in [0.5, 0.6) is 0 Å². The van der Waals surface area contributed by atoms with Crippen LogP contribution in [0.1, 0.15) is 70.2 Å². The molecule has 0 saturated heterocycles. The SMILES string of the molecule is CC(C)c1ccc(Cl)c(C(C)C)c1NC(=O)NSc1nc(C(C)(C)O)cs1. The second-order valence-electron chi connectivity index (χ2n) is 7.45. The molecule has 0 atom stereocenters. The average molecular weight is 428 g/mol. The number of aliphatic hydroxyl groups is 1. The summed E-state index contributed by atoms with van der Waals surface area (Å²) >= 11 is 8.88. The Morgan fingerprint density at radius 2 is 1.93 bits per heavy atom. The summed E-state index contributed by atoms with van der Waals surface area (Å²) in [6.45, 7) is 11.6. The predicted octanol–water partition coefficient (Wildman–Crippen LogP) is 6.10. The summed E-state index contributed by atoms with van der Waals surface area (Å²) in [5.41, 5.74) is 2.32. The number of amides is 2. The monoisotopic (exact) mass is 427 g/mol. The zero-order valence-electron chi connectivity index (χ0n) is 16.4. The standard InChI is InChI=1S/C19H26ClN3O2S2/c1-10(2)12-7-8-13(20)15(11(3)4)16(12)22-17(24)23-27-18-21-14(9-26-18)19(5,6)25/h7-11,25H,1-6H3,(H2,22,23,24). The highest BCUT2D eigenvalue weighted by molar-refractivity contribution is 7.99. The van der Waals surface area contributed by atoms with Gasteiger partial charge in [0.2, 0.25) is 0 Å². The molecule has 1 heterocycles. The van der Waals surface area contributed by atoms with Gasteiger partial charge >= 0.3 is 6.03 Å². The highest BCUT2D eigenvalue weighted by Crippen LogP contribution is 2.37. The van der Waals surface area contributed by atoms with Crippen LogP contribution >= 0.6 is 34.9 Å². The van der Waals surface area contributed by atoms with Crippen LogP contribution in [0.4, 0.5) is 10.5 Å². The van der Waals surface area contributed by atoms with Gasteiger partial charge in [0.15, 0.2) is 4.34 Å². The summed E-state index contributed by atoms with van der Waals surface area (Å²) in [6.07, 6.45) is 0. The molecule has 2 amide bonds. The van der Waals surface area contributed by atoms with Gasteiger partial charge in [-0.05, 0) is 42.9 Å². The number of anilines is 1. The van der Waals surface area contributed by atoms with E-state index in [2.05, 4.69) is 42.7 Å². The number of carbonyl (C=O) groups is 1. The lowest BCUT2D eigenvalue weighted by Crippen LogP contribution is -2.24. The zero-order valence-corrected chi connectivity index (χ0v) is 18.8. The summed E-state index contributed by atoms with van der Waals surface area (Å²) in [4.78, 5) is 16.8. The van der Waals surface area contributed by atoms with Gasteiger partial charge in [-0.2, -0.15) is 0 Å². The third-order valence-corrected chi connectivity index (χ3v) is 6.06. The van der Waals surface area contributed by atoms with Gasteiger partial charge in [-0.25, -0.2) is 9.78 Å². The number of benzene rings is 1. The molecule has 0 saturated carbocycles. The lowest BCUT2D eigenvalue weighted by Gasteiger charge is -2.21. The van der Waals surface area contributed by atoms with Crippen LogP contribution in [0, 0.1) is 0 Å². The second kappa shape index (κ2) is 8.82. The van der Waals surface area contributed by atoms with Crippen molar-refractivity contribution in [2.24, 2.45) is 0 Å². The maximum Gasteiger partial charge on any atom is 0.329 e. The second-order valence-corrected chi connectivity index (χ2v) is 9.77. The molecule has 0 aliphatic rings. The quantitative estimate of drug-likeness (QED) is 0.487. The Morgan fingerprint density at radius 3 is 2.44 bits per heavy atom. The summed E-state index contributed by atoms with van der Waals surface area (Å²) in [5.74, 6) is 0.420. The van der Waals surface area contributed by atoms with Crippen molar-refractivity contribution in [1.29, 1.82) is 0 Å². The van der Waals surface area contributed by atoms with E-state index < -0.39 is 5.60 Å². The van der Waals surface area contributed by atoms with E-state index in [9.17, 15) is 9.90 Å². The number of halogens is 1. The number of nitrogens with one attached hydrogen (secondary N) is 2. The van der Waals surface area contributed by atoms with Crippen LogP contribution in [0.25, 0.3) is 0 Å². The van der Waals surface area contributed by atoms with E-state index in [0.717, 1.165) is 28.8 Å². The Hall–Kier alpha value is -1.28. The lowest BCUT2D eigenvalue weighted by molar-refractivity contribution is 0.0741. The fourth-order valence-electron chi connectivity index (χ4n) is 2.61. The molecule has 5 nitrogen and oxygen atoms in total. The molecule has 0 unspecified atom stereocenters. The molecule has 0 aliphatic carbocycles. The van der Waals surface area contributed by atoms with Gasteiger partial charge in [0.05, 0.1) is 11.4 Å². The van der Waals surface area contributed by atoms with Crippen LogP contribution in [-0.4, -0.2) is 16.1 Å². The third kappa shape index (κ3) is 5.60. The summed E-state index contributed by atoms with van der Waals surface area (Å²) in [5, 5.41) is 15.4. The highest BCUT2D eigenvalue weighted by Gasteiger charge is 2.21. The topological polar surface area (TPSA) is 74.2 Å². The first-order valence-electron chi connectivity index (χ1n) is 8.75. The van der Waals surface area contributed by atoms with E-state index in [1.807, 2.05) is 12.1 Å². The van der Waals surface area contributed by atoms with Gasteiger partial charge in [-0.1, -0.05) is 45.4 Å². The largest absolute Gasteiger partial charge is 0.384 e. The van der Waals surface area contributed by atoms with Gasteiger partial charge in [-0.3, -0.25) is 4.72 Å². The molecule has 0 radical (unpaired) electrons. The van der Waals surface area contributed by atoms with Crippen molar-refractivity contribution >= 4 is 46.6 Å². The molecular weight excluding hydrogens is 402 g/mol. The van der Waals surface area contributed by atoms with E-state index in [4.69, 9.17) is 11.6 Å². The minimum atomic E-state index is -1.00. The molecule has 0 spiro atoms. The number of thiazole rings is 1. The van der Waals surface area contributed by atoms with Crippen LogP contribution in [0.2, 0.25) is 5.02 Å². The highest BCUT2D eigenvalue weighted by atomic mass is 35.5. The van der Waals surface area contributed by atoms with E-state index in [0.29, 0.717) is 15.1 Å². The Bertz CT molecular complexity index is 814. The third-order valence-electron chi connectivity index (χ3n) is 4.00. The first-order chi connectivity index (χ1) is 12.5. The Balaban J connectivity index is 2.15. The van der Waals surface area contributed by atoms with Crippen LogP contribution < -0.4 is 10.0 Å². The molecule has 8 heteroatoms. The molecule has 2 aromatic rings. The minimum Gasteiger partial charge on any atom is -0.384 e. The van der Waals surface area contributed by atoms with Crippen molar-refractivity contribution < 1.29 is 9.90 Å². The Kier molecular flexibility index (Phi) is 7.19. The van der Waals surface area contributed by atoms with Gasteiger partial charge in [0, 0.05) is 22.4 Å². The Morgan fingerprint density at radius 1 is 1.26 bits per heavy atom. The molecule has 0 aliphatic heterocycles. The number of rotatable bonds is 6.